The highest BCUT2D eigenvalue weighted by Crippen LogP contribution is 2.21. The molecule has 0 bridgehead atoms. The van der Waals surface area contributed by atoms with E-state index in [1.54, 1.807) is 23.7 Å². The molecule has 2 heterocycles. The van der Waals surface area contributed by atoms with E-state index < -0.39 is 0 Å². The van der Waals surface area contributed by atoms with E-state index in [0.717, 1.165) is 18.1 Å². The molecule has 8 nitrogen and oxygen atoms in total. The Morgan fingerprint density at radius 1 is 1.52 bits per heavy atom. The summed E-state index contributed by atoms with van der Waals surface area (Å²) in [6, 6.07) is 0.234. The van der Waals surface area contributed by atoms with Crippen LogP contribution in [0.3, 0.4) is 0 Å². The van der Waals surface area contributed by atoms with Crippen LogP contribution in [0.25, 0.3) is 0 Å². The van der Waals surface area contributed by atoms with Crippen LogP contribution in [0.1, 0.15) is 25.5 Å². The number of aromatic nitrogens is 2. The fourth-order valence-corrected chi connectivity index (χ4v) is 2.43. The van der Waals surface area contributed by atoms with Crippen LogP contribution < -0.4 is 5.32 Å². The normalized spacial score (nSPS) is 18.1. The van der Waals surface area contributed by atoms with Gasteiger partial charge in [-0.05, 0) is 13.8 Å². The summed E-state index contributed by atoms with van der Waals surface area (Å²) in [4.78, 5) is 20.0. The Kier molecular flexibility index (Phi) is 8.63. The van der Waals surface area contributed by atoms with Crippen LogP contribution in [0.4, 0.5) is 0 Å². The summed E-state index contributed by atoms with van der Waals surface area (Å²) in [6.45, 7) is 6.29. The van der Waals surface area contributed by atoms with Gasteiger partial charge in [-0.25, -0.2) is 4.99 Å². The van der Waals surface area contributed by atoms with Crippen molar-refractivity contribution < 1.29 is 9.53 Å². The molecule has 1 aromatic rings. The third-order valence-corrected chi connectivity index (χ3v) is 3.74. The van der Waals surface area contributed by atoms with Crippen molar-refractivity contribution in [3.05, 3.63) is 18.0 Å². The van der Waals surface area contributed by atoms with Gasteiger partial charge in [-0.2, -0.15) is 5.10 Å². The molecule has 25 heavy (non-hydrogen) atoms. The maximum Gasteiger partial charge on any atom is 0.243 e. The van der Waals surface area contributed by atoms with Gasteiger partial charge in [0.15, 0.2) is 5.96 Å². The molecule has 142 valence electrons. The van der Waals surface area contributed by atoms with Crippen LogP contribution >= 0.6 is 24.0 Å². The van der Waals surface area contributed by atoms with Crippen molar-refractivity contribution in [1.29, 1.82) is 0 Å². The number of morpholine rings is 1. The number of guanidine groups is 1. The topological polar surface area (TPSA) is 75.0 Å². The average Bonchev–Trinajstić information content (AvgIpc) is 2.97. The van der Waals surface area contributed by atoms with E-state index in [-0.39, 0.29) is 48.6 Å². The Hall–Kier alpha value is -1.36. The minimum Gasteiger partial charge on any atom is -0.370 e. The van der Waals surface area contributed by atoms with Gasteiger partial charge in [0, 0.05) is 45.5 Å². The molecule has 1 aliphatic heterocycles. The second-order valence-electron chi connectivity index (χ2n) is 6.48. The van der Waals surface area contributed by atoms with E-state index in [0.29, 0.717) is 13.2 Å². The van der Waals surface area contributed by atoms with E-state index in [2.05, 4.69) is 34.2 Å². The Morgan fingerprint density at radius 2 is 2.24 bits per heavy atom. The van der Waals surface area contributed by atoms with E-state index in [1.807, 2.05) is 19.4 Å². The molecule has 0 aliphatic carbocycles. The maximum atomic E-state index is 11.8. The van der Waals surface area contributed by atoms with Crippen molar-refractivity contribution in [2.45, 2.75) is 26.0 Å². The molecular formula is C16H29IN6O2. The molecule has 1 N–H and O–H groups in total. The zero-order valence-corrected chi connectivity index (χ0v) is 17.9. The van der Waals surface area contributed by atoms with Crippen molar-refractivity contribution in [2.75, 3.05) is 40.3 Å². The Balaban J connectivity index is 0.00000312. The van der Waals surface area contributed by atoms with Crippen LogP contribution in [-0.2, 0) is 16.6 Å². The lowest BCUT2D eigenvalue weighted by molar-refractivity contribution is -0.127. The number of rotatable bonds is 4. The van der Waals surface area contributed by atoms with Crippen molar-refractivity contribution >= 4 is 35.8 Å². The molecule has 1 amide bonds. The van der Waals surface area contributed by atoms with Crippen molar-refractivity contribution in [3.8, 4) is 0 Å². The fraction of sp³-hybridized carbons (Fsp3) is 0.688. The van der Waals surface area contributed by atoms with Gasteiger partial charge in [-0.1, -0.05) is 0 Å². The predicted molar refractivity (Wildman–Crippen MR) is 108 cm³/mol. The molecule has 1 atom stereocenters. The number of nitrogens with zero attached hydrogens (tertiary/aromatic N) is 5. The SMILES string of the molecule is CC(C)NC(=NCC(=O)N(C)C)N1CCOC(c2cnn(C)c2)C1.I. The highest BCUT2D eigenvalue weighted by atomic mass is 127. The first-order valence-corrected chi connectivity index (χ1v) is 8.23. The first kappa shape index (κ1) is 21.7. The number of carbonyl (C=O) groups is 1. The molecule has 0 radical (unpaired) electrons. The molecule has 1 aromatic heterocycles. The first-order chi connectivity index (χ1) is 11.4. The average molecular weight is 464 g/mol. The van der Waals surface area contributed by atoms with E-state index in [9.17, 15) is 4.79 Å². The fourth-order valence-electron chi connectivity index (χ4n) is 2.43. The van der Waals surface area contributed by atoms with Crippen molar-refractivity contribution in [1.82, 2.24) is 24.9 Å². The van der Waals surface area contributed by atoms with Crippen LogP contribution in [-0.4, -0.2) is 77.8 Å². The van der Waals surface area contributed by atoms with Crippen LogP contribution in [0, 0.1) is 0 Å². The Labute approximate surface area is 166 Å². The number of ether oxygens (including phenoxy) is 1. The predicted octanol–water partition coefficient (Wildman–Crippen LogP) is 0.854. The number of carbonyl (C=O) groups excluding carboxylic acids is 1. The maximum absolute atomic E-state index is 11.8. The zero-order chi connectivity index (χ0) is 17.7. The molecule has 1 saturated heterocycles. The number of hydrogen-bond donors (Lipinski definition) is 1. The smallest absolute Gasteiger partial charge is 0.243 e. The van der Waals surface area contributed by atoms with E-state index >= 15 is 0 Å². The third kappa shape index (κ3) is 6.46. The molecule has 1 aliphatic rings. The number of aryl methyl sites for hydroxylation is 1. The number of nitrogens with one attached hydrogen (secondary N) is 1. The molecule has 1 unspecified atom stereocenters. The molecule has 9 heteroatoms. The summed E-state index contributed by atoms with van der Waals surface area (Å²) in [5, 5.41) is 7.56. The minimum absolute atomic E-state index is 0. The summed E-state index contributed by atoms with van der Waals surface area (Å²) in [5.41, 5.74) is 1.05. The number of likely N-dealkylation sites (N-methyl/N-ethyl adjacent to an activating group) is 1. The van der Waals surface area contributed by atoms with Gasteiger partial charge in [-0.15, -0.1) is 24.0 Å². The monoisotopic (exact) mass is 464 g/mol. The van der Waals surface area contributed by atoms with Gasteiger partial charge >= 0.3 is 0 Å². The lowest BCUT2D eigenvalue weighted by Crippen LogP contribution is -2.50. The van der Waals surface area contributed by atoms with Crippen LogP contribution in [0.5, 0.6) is 0 Å². The van der Waals surface area contributed by atoms with Gasteiger partial charge in [0.05, 0.1) is 19.3 Å². The second-order valence-corrected chi connectivity index (χ2v) is 6.48. The Bertz CT molecular complexity index is 587. The summed E-state index contributed by atoms with van der Waals surface area (Å²) in [5.74, 6) is 0.729. The van der Waals surface area contributed by atoms with Gasteiger partial charge < -0.3 is 19.9 Å². The van der Waals surface area contributed by atoms with E-state index in [4.69, 9.17) is 4.74 Å². The molecule has 0 spiro atoms. The van der Waals surface area contributed by atoms with Gasteiger partial charge in [0.2, 0.25) is 5.91 Å². The lowest BCUT2D eigenvalue weighted by Gasteiger charge is -2.35. The lowest BCUT2D eigenvalue weighted by atomic mass is 10.1. The van der Waals surface area contributed by atoms with Gasteiger partial charge in [-0.3, -0.25) is 9.48 Å². The van der Waals surface area contributed by atoms with Crippen LogP contribution in [0.15, 0.2) is 17.4 Å². The van der Waals surface area contributed by atoms with Gasteiger partial charge in [0.1, 0.15) is 12.6 Å². The van der Waals surface area contributed by atoms with Gasteiger partial charge in [0.25, 0.3) is 0 Å². The molecular weight excluding hydrogens is 435 g/mol. The molecule has 0 aromatic carbocycles. The number of hydrogen-bond acceptors (Lipinski definition) is 4. The summed E-state index contributed by atoms with van der Waals surface area (Å²) < 4.78 is 7.65. The zero-order valence-electron chi connectivity index (χ0n) is 15.6. The van der Waals surface area contributed by atoms with Crippen molar-refractivity contribution in [3.63, 3.8) is 0 Å². The number of halogens is 1. The van der Waals surface area contributed by atoms with E-state index in [1.165, 1.54) is 0 Å². The third-order valence-electron chi connectivity index (χ3n) is 3.74. The quantitative estimate of drug-likeness (QED) is 0.407. The van der Waals surface area contributed by atoms with Crippen molar-refractivity contribution in [2.24, 2.45) is 12.0 Å². The Morgan fingerprint density at radius 3 is 2.80 bits per heavy atom. The summed E-state index contributed by atoms with van der Waals surface area (Å²) >= 11 is 0. The number of amides is 1. The highest BCUT2D eigenvalue weighted by Gasteiger charge is 2.25. The summed E-state index contributed by atoms with van der Waals surface area (Å²) in [6.07, 6.45) is 3.75. The summed E-state index contributed by atoms with van der Waals surface area (Å²) in [7, 11) is 5.37. The molecule has 0 saturated carbocycles. The van der Waals surface area contributed by atoms with Crippen LogP contribution in [0.2, 0.25) is 0 Å². The standard InChI is InChI=1S/C16H28N6O2.HI/c1-12(2)19-16(17-9-15(23)20(3)4)22-6-7-24-14(11-22)13-8-18-21(5)10-13;/h8,10,12,14H,6-7,9,11H2,1-5H3,(H,17,19);1H. The minimum atomic E-state index is -0.0452. The molecule has 2 rings (SSSR count). The highest BCUT2D eigenvalue weighted by molar-refractivity contribution is 14.0. The number of aliphatic imine (C=N–C) groups is 1. The largest absolute Gasteiger partial charge is 0.370 e. The first-order valence-electron chi connectivity index (χ1n) is 8.23. The second kappa shape index (κ2) is 9.95. The molecule has 1 fully saturated rings.